The number of Topliss-reactive ketones (excluding diaryl/α,β-unsaturated/α-hetero) is 1. The van der Waals surface area contributed by atoms with Gasteiger partial charge in [0.2, 0.25) is 0 Å². The van der Waals surface area contributed by atoms with Gasteiger partial charge in [0.25, 0.3) is 0 Å². The van der Waals surface area contributed by atoms with Gasteiger partial charge < -0.3 is 4.74 Å². The second kappa shape index (κ2) is 4.84. The molecule has 1 aliphatic carbocycles. The quantitative estimate of drug-likeness (QED) is 0.716. The zero-order valence-corrected chi connectivity index (χ0v) is 10.5. The normalized spacial score (nSPS) is 31.6. The summed E-state index contributed by atoms with van der Waals surface area (Å²) in [5, 5.41) is 0. The first-order valence-corrected chi connectivity index (χ1v) is 6.44. The van der Waals surface area contributed by atoms with Crippen molar-refractivity contribution in [1.29, 1.82) is 0 Å². The van der Waals surface area contributed by atoms with Gasteiger partial charge in [-0.15, -0.1) is 0 Å². The van der Waals surface area contributed by atoms with E-state index in [2.05, 4.69) is 18.7 Å². The molecule has 3 nitrogen and oxygen atoms in total. The van der Waals surface area contributed by atoms with Crippen molar-refractivity contribution in [2.24, 2.45) is 11.3 Å². The van der Waals surface area contributed by atoms with Crippen LogP contribution in [-0.4, -0.2) is 43.5 Å². The van der Waals surface area contributed by atoms with Crippen LogP contribution in [0.1, 0.15) is 33.1 Å². The van der Waals surface area contributed by atoms with Crippen molar-refractivity contribution in [2.45, 2.75) is 33.1 Å². The highest BCUT2D eigenvalue weighted by Crippen LogP contribution is 2.35. The molecule has 16 heavy (non-hydrogen) atoms. The fraction of sp³-hybridized carbons (Fsp3) is 0.923. The standard InChI is InChI=1S/C13H23NO2/c1-13(2)5-3-4-11(12(13)15)10-14-6-8-16-9-7-14/h11H,3-10H2,1-2H3. The van der Waals surface area contributed by atoms with E-state index in [0.29, 0.717) is 5.78 Å². The fourth-order valence-electron chi connectivity index (χ4n) is 2.87. The molecule has 1 atom stereocenters. The third-order valence-corrected chi connectivity index (χ3v) is 3.97. The molecule has 0 aromatic rings. The van der Waals surface area contributed by atoms with Crippen LogP contribution >= 0.6 is 0 Å². The first-order chi connectivity index (χ1) is 7.59. The summed E-state index contributed by atoms with van der Waals surface area (Å²) in [4.78, 5) is 14.6. The lowest BCUT2D eigenvalue weighted by Gasteiger charge is -2.37. The van der Waals surface area contributed by atoms with Gasteiger partial charge in [-0.25, -0.2) is 0 Å². The molecule has 2 rings (SSSR count). The number of carbonyl (C=O) groups excluding carboxylic acids is 1. The summed E-state index contributed by atoms with van der Waals surface area (Å²) in [6, 6.07) is 0. The van der Waals surface area contributed by atoms with Crippen LogP contribution in [0.25, 0.3) is 0 Å². The molecule has 0 bridgehead atoms. The van der Waals surface area contributed by atoms with Crippen LogP contribution in [0, 0.1) is 11.3 Å². The molecular formula is C13H23NO2. The average molecular weight is 225 g/mol. The van der Waals surface area contributed by atoms with E-state index in [4.69, 9.17) is 4.74 Å². The molecule has 92 valence electrons. The minimum absolute atomic E-state index is 0.0881. The van der Waals surface area contributed by atoms with E-state index in [1.54, 1.807) is 0 Å². The maximum absolute atomic E-state index is 12.3. The number of rotatable bonds is 2. The van der Waals surface area contributed by atoms with E-state index in [1.807, 2.05) is 0 Å². The van der Waals surface area contributed by atoms with Crippen LogP contribution in [0.3, 0.4) is 0 Å². The first-order valence-electron chi connectivity index (χ1n) is 6.44. The lowest BCUT2D eigenvalue weighted by Crippen LogP contribution is -2.45. The number of ketones is 1. The van der Waals surface area contributed by atoms with Crippen LogP contribution < -0.4 is 0 Å². The van der Waals surface area contributed by atoms with Crippen molar-refractivity contribution in [1.82, 2.24) is 4.90 Å². The summed E-state index contributed by atoms with van der Waals surface area (Å²) in [5.41, 5.74) is -0.0881. The average Bonchev–Trinajstić information content (AvgIpc) is 2.26. The number of carbonyl (C=O) groups is 1. The summed E-state index contributed by atoms with van der Waals surface area (Å²) in [7, 11) is 0. The van der Waals surface area contributed by atoms with Gasteiger partial charge in [-0.3, -0.25) is 9.69 Å². The molecule has 1 aliphatic heterocycles. The van der Waals surface area contributed by atoms with Gasteiger partial charge in [0, 0.05) is 31.0 Å². The third-order valence-electron chi connectivity index (χ3n) is 3.97. The molecule has 1 heterocycles. The number of ether oxygens (including phenoxy) is 1. The van der Waals surface area contributed by atoms with Crippen LogP contribution in [0.2, 0.25) is 0 Å². The predicted molar refractivity (Wildman–Crippen MR) is 63.4 cm³/mol. The number of hydrogen-bond acceptors (Lipinski definition) is 3. The minimum atomic E-state index is -0.0881. The van der Waals surface area contributed by atoms with Crippen molar-refractivity contribution < 1.29 is 9.53 Å². The Bertz CT molecular complexity index is 257. The largest absolute Gasteiger partial charge is 0.379 e. The molecule has 0 radical (unpaired) electrons. The van der Waals surface area contributed by atoms with Crippen LogP contribution in [-0.2, 0) is 9.53 Å². The molecule has 1 saturated carbocycles. The van der Waals surface area contributed by atoms with Crippen molar-refractivity contribution in [3.05, 3.63) is 0 Å². The highest BCUT2D eigenvalue weighted by molar-refractivity contribution is 5.87. The Morgan fingerprint density at radius 1 is 1.38 bits per heavy atom. The number of nitrogens with zero attached hydrogens (tertiary/aromatic N) is 1. The van der Waals surface area contributed by atoms with Gasteiger partial charge in [-0.2, -0.15) is 0 Å². The zero-order valence-electron chi connectivity index (χ0n) is 10.5. The lowest BCUT2D eigenvalue weighted by atomic mass is 9.71. The van der Waals surface area contributed by atoms with Gasteiger partial charge in [0.15, 0.2) is 0 Å². The Morgan fingerprint density at radius 2 is 2.06 bits per heavy atom. The van der Waals surface area contributed by atoms with Gasteiger partial charge in [0.05, 0.1) is 13.2 Å². The SMILES string of the molecule is CC1(C)CCCC(CN2CCOCC2)C1=O. The number of morpholine rings is 1. The molecule has 2 fully saturated rings. The first kappa shape index (κ1) is 12.1. The Labute approximate surface area is 98.1 Å². The molecule has 1 saturated heterocycles. The summed E-state index contributed by atoms with van der Waals surface area (Å²) in [5.74, 6) is 0.743. The highest BCUT2D eigenvalue weighted by atomic mass is 16.5. The Morgan fingerprint density at radius 3 is 2.75 bits per heavy atom. The molecule has 1 unspecified atom stereocenters. The lowest BCUT2D eigenvalue weighted by molar-refractivity contribution is -0.135. The monoisotopic (exact) mass is 225 g/mol. The van der Waals surface area contributed by atoms with E-state index in [0.717, 1.165) is 45.7 Å². The molecule has 0 N–H and O–H groups in total. The second-order valence-corrected chi connectivity index (χ2v) is 5.75. The second-order valence-electron chi connectivity index (χ2n) is 5.75. The van der Waals surface area contributed by atoms with Crippen LogP contribution in [0.5, 0.6) is 0 Å². The molecular weight excluding hydrogens is 202 g/mol. The number of hydrogen-bond donors (Lipinski definition) is 0. The predicted octanol–water partition coefficient (Wildman–Crippen LogP) is 1.71. The van der Waals surface area contributed by atoms with E-state index in [-0.39, 0.29) is 11.3 Å². The van der Waals surface area contributed by atoms with Crippen molar-refractivity contribution in [2.75, 3.05) is 32.8 Å². The summed E-state index contributed by atoms with van der Waals surface area (Å²) < 4.78 is 5.33. The maximum atomic E-state index is 12.3. The van der Waals surface area contributed by atoms with Crippen molar-refractivity contribution >= 4 is 5.78 Å². The van der Waals surface area contributed by atoms with Gasteiger partial charge in [-0.05, 0) is 12.8 Å². The Kier molecular flexibility index (Phi) is 3.65. The van der Waals surface area contributed by atoms with E-state index >= 15 is 0 Å². The topological polar surface area (TPSA) is 29.5 Å². The highest BCUT2D eigenvalue weighted by Gasteiger charge is 2.37. The molecule has 0 spiro atoms. The molecule has 2 aliphatic rings. The summed E-state index contributed by atoms with van der Waals surface area (Å²) >= 11 is 0. The van der Waals surface area contributed by atoms with Crippen LogP contribution in [0.15, 0.2) is 0 Å². The summed E-state index contributed by atoms with van der Waals surface area (Å²) in [6.07, 6.45) is 3.35. The Hall–Kier alpha value is -0.410. The molecule has 0 amide bonds. The van der Waals surface area contributed by atoms with E-state index in [1.165, 1.54) is 6.42 Å². The zero-order chi connectivity index (χ0) is 11.6. The van der Waals surface area contributed by atoms with Crippen LogP contribution in [0.4, 0.5) is 0 Å². The summed E-state index contributed by atoms with van der Waals surface area (Å²) in [6.45, 7) is 8.77. The molecule has 0 aromatic carbocycles. The van der Waals surface area contributed by atoms with Gasteiger partial charge in [-0.1, -0.05) is 20.3 Å². The Balaban J connectivity index is 1.90. The van der Waals surface area contributed by atoms with E-state index < -0.39 is 0 Å². The minimum Gasteiger partial charge on any atom is -0.379 e. The third kappa shape index (κ3) is 2.64. The van der Waals surface area contributed by atoms with Gasteiger partial charge in [0.1, 0.15) is 5.78 Å². The van der Waals surface area contributed by atoms with Crippen molar-refractivity contribution in [3.63, 3.8) is 0 Å². The van der Waals surface area contributed by atoms with Gasteiger partial charge >= 0.3 is 0 Å². The fourth-order valence-corrected chi connectivity index (χ4v) is 2.87. The molecule has 0 aromatic heterocycles. The molecule has 3 heteroatoms. The van der Waals surface area contributed by atoms with E-state index in [9.17, 15) is 4.79 Å². The smallest absolute Gasteiger partial charge is 0.142 e. The van der Waals surface area contributed by atoms with Crippen molar-refractivity contribution in [3.8, 4) is 0 Å². The maximum Gasteiger partial charge on any atom is 0.142 e.